The Balaban J connectivity index is 1.55. The predicted molar refractivity (Wildman–Crippen MR) is 190 cm³/mol. The normalized spacial score (nSPS) is 11.6. The lowest BCUT2D eigenvalue weighted by Crippen LogP contribution is -2.39. The summed E-state index contributed by atoms with van der Waals surface area (Å²) in [4.78, 5) is 4.67. The molecule has 48 heavy (non-hydrogen) atoms. The third kappa shape index (κ3) is 5.51. The Morgan fingerprint density at radius 2 is 1.27 bits per heavy atom. The van der Waals surface area contributed by atoms with Crippen LogP contribution in [0.1, 0.15) is 48.0 Å². The van der Waals surface area contributed by atoms with Crippen molar-refractivity contribution in [1.82, 2.24) is 29.8 Å². The molecule has 238 valence electrons. The van der Waals surface area contributed by atoms with E-state index >= 15 is 0 Å². The zero-order valence-corrected chi connectivity index (χ0v) is 27.4. The average molecular weight is 651 g/mol. The van der Waals surface area contributed by atoms with Crippen LogP contribution in [0.15, 0.2) is 140 Å². The van der Waals surface area contributed by atoms with Crippen LogP contribution in [0.4, 0.5) is 0 Å². The SMILES string of the molecule is CCCCc1nc(Cl)c(CO)n1-c1ccc(-c2ccccc2)c(-c2nnnn2C(c2ccccc2)(c2ccccc2)c2ccccc2)c1. The van der Waals surface area contributed by atoms with E-state index in [0.29, 0.717) is 16.7 Å². The molecule has 7 rings (SSSR count). The summed E-state index contributed by atoms with van der Waals surface area (Å²) < 4.78 is 3.92. The van der Waals surface area contributed by atoms with Crippen molar-refractivity contribution in [2.24, 2.45) is 0 Å². The minimum atomic E-state index is -0.923. The van der Waals surface area contributed by atoms with Gasteiger partial charge < -0.3 is 5.11 Å². The van der Waals surface area contributed by atoms with Crippen LogP contribution in [-0.2, 0) is 18.6 Å². The minimum absolute atomic E-state index is 0.245. The predicted octanol–water partition coefficient (Wildman–Crippen LogP) is 8.52. The van der Waals surface area contributed by atoms with Crippen LogP contribution in [-0.4, -0.2) is 34.9 Å². The summed E-state index contributed by atoms with van der Waals surface area (Å²) in [6.07, 6.45) is 2.68. The Morgan fingerprint density at radius 1 is 0.708 bits per heavy atom. The van der Waals surface area contributed by atoms with Gasteiger partial charge in [-0.25, -0.2) is 9.67 Å². The van der Waals surface area contributed by atoms with Crippen molar-refractivity contribution < 1.29 is 5.11 Å². The molecule has 0 unspecified atom stereocenters. The van der Waals surface area contributed by atoms with Crippen molar-refractivity contribution >= 4 is 11.6 Å². The van der Waals surface area contributed by atoms with E-state index in [1.165, 1.54) is 0 Å². The number of tetrazole rings is 1. The molecule has 5 aromatic carbocycles. The van der Waals surface area contributed by atoms with E-state index in [0.717, 1.165) is 64.2 Å². The number of aliphatic hydroxyl groups excluding tert-OH is 1. The highest BCUT2D eigenvalue weighted by molar-refractivity contribution is 6.30. The van der Waals surface area contributed by atoms with Gasteiger partial charge in [0.15, 0.2) is 11.0 Å². The topological polar surface area (TPSA) is 81.7 Å². The van der Waals surface area contributed by atoms with E-state index in [2.05, 4.69) is 77.8 Å². The summed E-state index contributed by atoms with van der Waals surface area (Å²) >= 11 is 6.61. The number of nitrogens with zero attached hydrogens (tertiary/aromatic N) is 6. The van der Waals surface area contributed by atoms with Gasteiger partial charge in [0.1, 0.15) is 11.4 Å². The number of hydrogen-bond donors (Lipinski definition) is 1. The van der Waals surface area contributed by atoms with E-state index < -0.39 is 5.54 Å². The minimum Gasteiger partial charge on any atom is -0.390 e. The first-order chi connectivity index (χ1) is 23.7. The number of rotatable bonds is 11. The van der Waals surface area contributed by atoms with Crippen LogP contribution >= 0.6 is 11.6 Å². The lowest BCUT2D eigenvalue weighted by atomic mass is 9.77. The zero-order chi connectivity index (χ0) is 32.9. The van der Waals surface area contributed by atoms with Gasteiger partial charge in [0.2, 0.25) is 0 Å². The second-order valence-electron chi connectivity index (χ2n) is 11.7. The summed E-state index contributed by atoms with van der Waals surface area (Å²) in [5, 5.41) is 24.7. The fourth-order valence-electron chi connectivity index (χ4n) is 6.63. The molecule has 2 heterocycles. The Hall–Kier alpha value is -5.37. The summed E-state index contributed by atoms with van der Waals surface area (Å²) in [7, 11) is 0. The molecular formula is C40H35ClN6O. The zero-order valence-electron chi connectivity index (χ0n) is 26.6. The van der Waals surface area contributed by atoms with Gasteiger partial charge in [-0.15, -0.1) is 5.10 Å². The van der Waals surface area contributed by atoms with E-state index in [1.807, 2.05) is 88.1 Å². The Kier molecular flexibility index (Phi) is 8.97. The maximum absolute atomic E-state index is 10.4. The molecule has 0 atom stereocenters. The van der Waals surface area contributed by atoms with Gasteiger partial charge in [0, 0.05) is 17.7 Å². The highest BCUT2D eigenvalue weighted by Crippen LogP contribution is 2.44. The number of imidazole rings is 1. The fraction of sp³-hybridized carbons (Fsp3) is 0.150. The highest BCUT2D eigenvalue weighted by atomic mass is 35.5. The second kappa shape index (κ2) is 13.8. The standard InChI is InChI=1S/C40H35ClN6O/c1-2-3-24-37-42-38(41)36(28-48)46(37)33-25-26-34(29-16-8-4-9-17-29)35(27-33)39-43-44-45-47(39)40(30-18-10-5-11-19-30,31-20-12-6-13-21-31)32-22-14-7-15-23-32/h4-23,25-27,48H,2-3,24,28H2,1H3. The third-order valence-corrected chi connectivity index (χ3v) is 9.15. The van der Waals surface area contributed by atoms with Gasteiger partial charge in [0.05, 0.1) is 12.3 Å². The summed E-state index contributed by atoms with van der Waals surface area (Å²) in [5.74, 6) is 1.38. The van der Waals surface area contributed by atoms with Crippen LogP contribution in [0.2, 0.25) is 5.15 Å². The molecule has 0 amide bonds. The lowest BCUT2D eigenvalue weighted by molar-refractivity contribution is 0.274. The Labute approximate surface area is 285 Å². The number of aromatic nitrogens is 6. The molecule has 0 aliphatic heterocycles. The first kappa shape index (κ1) is 31.2. The van der Waals surface area contributed by atoms with Crippen molar-refractivity contribution in [2.45, 2.75) is 38.3 Å². The van der Waals surface area contributed by atoms with Crippen molar-refractivity contribution in [2.75, 3.05) is 0 Å². The molecule has 0 spiro atoms. The van der Waals surface area contributed by atoms with Crippen molar-refractivity contribution in [3.63, 3.8) is 0 Å². The van der Waals surface area contributed by atoms with E-state index in [4.69, 9.17) is 21.9 Å². The maximum Gasteiger partial charge on any atom is 0.184 e. The van der Waals surface area contributed by atoms with Gasteiger partial charge >= 0.3 is 0 Å². The molecule has 0 fully saturated rings. The van der Waals surface area contributed by atoms with Crippen LogP contribution in [0, 0.1) is 0 Å². The van der Waals surface area contributed by atoms with Gasteiger partial charge in [-0.05, 0) is 56.8 Å². The largest absolute Gasteiger partial charge is 0.390 e. The Morgan fingerprint density at radius 3 is 1.81 bits per heavy atom. The van der Waals surface area contributed by atoms with Gasteiger partial charge in [0.25, 0.3) is 0 Å². The average Bonchev–Trinajstić information content (AvgIpc) is 3.77. The molecule has 0 radical (unpaired) electrons. The number of hydrogen-bond acceptors (Lipinski definition) is 5. The Bertz CT molecular complexity index is 2020. The lowest BCUT2D eigenvalue weighted by Gasteiger charge is -2.36. The first-order valence-corrected chi connectivity index (χ1v) is 16.6. The first-order valence-electron chi connectivity index (χ1n) is 16.2. The molecule has 1 N–H and O–H groups in total. The molecule has 2 aromatic heterocycles. The smallest absolute Gasteiger partial charge is 0.184 e. The molecule has 0 saturated carbocycles. The number of aliphatic hydroxyl groups is 1. The molecule has 0 saturated heterocycles. The number of unbranched alkanes of at least 4 members (excludes halogenated alkanes) is 1. The van der Waals surface area contributed by atoms with E-state index in [-0.39, 0.29) is 6.61 Å². The molecular weight excluding hydrogens is 616 g/mol. The van der Waals surface area contributed by atoms with Crippen molar-refractivity contribution in [3.05, 3.63) is 173 Å². The van der Waals surface area contributed by atoms with Crippen LogP contribution < -0.4 is 0 Å². The van der Waals surface area contributed by atoms with Gasteiger partial charge in [-0.1, -0.05) is 152 Å². The second-order valence-corrected chi connectivity index (χ2v) is 12.0. The maximum atomic E-state index is 10.4. The van der Waals surface area contributed by atoms with Crippen molar-refractivity contribution in [1.29, 1.82) is 0 Å². The van der Waals surface area contributed by atoms with Gasteiger partial charge in [-0.3, -0.25) is 4.57 Å². The fourth-order valence-corrected chi connectivity index (χ4v) is 6.87. The van der Waals surface area contributed by atoms with Crippen LogP contribution in [0.3, 0.4) is 0 Å². The number of aryl methyl sites for hydroxylation is 1. The molecule has 8 heteroatoms. The van der Waals surface area contributed by atoms with E-state index in [9.17, 15) is 5.11 Å². The molecule has 7 nitrogen and oxygen atoms in total. The summed E-state index contributed by atoms with van der Waals surface area (Å²) in [5.41, 5.74) is 6.30. The van der Waals surface area contributed by atoms with E-state index in [1.54, 1.807) is 0 Å². The van der Waals surface area contributed by atoms with Gasteiger partial charge in [-0.2, -0.15) is 0 Å². The molecule has 0 bridgehead atoms. The van der Waals surface area contributed by atoms with Crippen LogP contribution in [0.5, 0.6) is 0 Å². The monoisotopic (exact) mass is 650 g/mol. The van der Waals surface area contributed by atoms with Crippen LogP contribution in [0.25, 0.3) is 28.2 Å². The van der Waals surface area contributed by atoms with Crippen molar-refractivity contribution in [3.8, 4) is 28.2 Å². The number of benzene rings is 5. The molecule has 0 aliphatic carbocycles. The summed E-state index contributed by atoms with van der Waals surface area (Å²) in [6, 6.07) is 47.6. The highest BCUT2D eigenvalue weighted by Gasteiger charge is 2.42. The molecule has 7 aromatic rings. The third-order valence-electron chi connectivity index (χ3n) is 8.85. The summed E-state index contributed by atoms with van der Waals surface area (Å²) in [6.45, 7) is 1.90. The quantitative estimate of drug-likeness (QED) is 0.142. The molecule has 0 aliphatic rings. The number of halogens is 1.